The van der Waals surface area contributed by atoms with Gasteiger partial charge in [0.15, 0.2) is 0 Å². The average Bonchev–Trinajstić information content (AvgIpc) is 2.47. The molecule has 2 aromatic carbocycles. The van der Waals surface area contributed by atoms with Crippen molar-refractivity contribution in [3.63, 3.8) is 0 Å². The van der Waals surface area contributed by atoms with E-state index in [0.29, 0.717) is 6.42 Å². The summed E-state index contributed by atoms with van der Waals surface area (Å²) in [6.45, 7) is 0.185. The van der Waals surface area contributed by atoms with E-state index < -0.39 is 0 Å². The number of nitrogens with zero attached hydrogens (tertiary/aromatic N) is 1. The Morgan fingerprint density at radius 3 is 2.57 bits per heavy atom. The van der Waals surface area contributed by atoms with Crippen LogP contribution in [0.2, 0.25) is 0 Å². The zero-order valence-electron chi connectivity index (χ0n) is 11.3. The monoisotopic (exact) mass is 343 g/mol. The van der Waals surface area contributed by atoms with E-state index in [-0.39, 0.29) is 12.5 Å². The van der Waals surface area contributed by atoms with Gasteiger partial charge >= 0.3 is 0 Å². The fourth-order valence-electron chi connectivity index (χ4n) is 1.79. The summed E-state index contributed by atoms with van der Waals surface area (Å²) >= 11 is 3.36. The predicted molar refractivity (Wildman–Crippen MR) is 87.0 cm³/mol. The van der Waals surface area contributed by atoms with Crippen molar-refractivity contribution < 1.29 is 4.79 Å². The van der Waals surface area contributed by atoms with Crippen LogP contribution in [0.4, 0.5) is 11.4 Å². The van der Waals surface area contributed by atoms with Gasteiger partial charge < -0.3 is 10.6 Å². The summed E-state index contributed by atoms with van der Waals surface area (Å²) in [5.74, 6) is -0.116. The van der Waals surface area contributed by atoms with Crippen LogP contribution in [0.1, 0.15) is 5.56 Å². The molecule has 0 spiro atoms. The Morgan fingerprint density at radius 2 is 1.90 bits per heavy atom. The number of halogens is 1. The number of benzene rings is 2. The molecule has 0 atom stereocenters. The van der Waals surface area contributed by atoms with Gasteiger partial charge in [0.05, 0.1) is 19.0 Å². The average molecular weight is 344 g/mol. The highest BCUT2D eigenvalue weighted by molar-refractivity contribution is 9.10. The lowest BCUT2D eigenvalue weighted by atomic mass is 10.1. The van der Waals surface area contributed by atoms with E-state index in [1.165, 1.54) is 0 Å². The summed E-state index contributed by atoms with van der Waals surface area (Å²) in [7, 11) is 0. The van der Waals surface area contributed by atoms with Gasteiger partial charge in [-0.1, -0.05) is 34.1 Å². The molecule has 0 aliphatic heterocycles. The predicted octanol–water partition coefficient (Wildman–Crippen LogP) is 3.57. The van der Waals surface area contributed by atoms with Gasteiger partial charge in [-0.3, -0.25) is 4.79 Å². The number of rotatable bonds is 5. The fourth-order valence-corrected chi connectivity index (χ4v) is 2.18. The maximum atomic E-state index is 11.8. The number of hydrogen-bond acceptors (Lipinski definition) is 3. The molecule has 0 aliphatic rings. The minimum absolute atomic E-state index is 0.116. The highest BCUT2D eigenvalue weighted by atomic mass is 79.9. The van der Waals surface area contributed by atoms with Crippen molar-refractivity contribution >= 4 is 33.2 Å². The van der Waals surface area contributed by atoms with Crippen LogP contribution in [0.5, 0.6) is 0 Å². The number of hydrogen-bond donors (Lipinski definition) is 2. The largest absolute Gasteiger partial charge is 0.376 e. The maximum absolute atomic E-state index is 11.8. The van der Waals surface area contributed by atoms with Crippen LogP contribution in [0.25, 0.3) is 0 Å². The quantitative estimate of drug-likeness (QED) is 0.872. The normalized spacial score (nSPS) is 9.71. The zero-order chi connectivity index (χ0) is 15.1. The van der Waals surface area contributed by atoms with E-state index in [1.807, 2.05) is 48.5 Å². The Balaban J connectivity index is 1.85. The molecule has 0 radical (unpaired) electrons. The molecule has 0 saturated carbocycles. The molecule has 0 fully saturated rings. The first-order valence-electron chi connectivity index (χ1n) is 6.42. The second kappa shape index (κ2) is 7.46. The number of nitrogens with one attached hydrogen (secondary N) is 2. The van der Waals surface area contributed by atoms with Gasteiger partial charge in [-0.15, -0.1) is 0 Å². The molecule has 0 saturated heterocycles. The lowest BCUT2D eigenvalue weighted by Crippen LogP contribution is -2.21. The number of anilines is 2. The second-order valence-electron chi connectivity index (χ2n) is 4.44. The second-order valence-corrected chi connectivity index (χ2v) is 5.36. The van der Waals surface area contributed by atoms with Gasteiger partial charge in [-0.05, 0) is 35.9 Å². The number of carbonyl (C=O) groups is 1. The van der Waals surface area contributed by atoms with E-state index in [4.69, 9.17) is 5.26 Å². The summed E-state index contributed by atoms with van der Waals surface area (Å²) in [6, 6.07) is 17.0. The van der Waals surface area contributed by atoms with Gasteiger partial charge in [0.2, 0.25) is 5.91 Å². The molecule has 0 heterocycles. The lowest BCUT2D eigenvalue weighted by molar-refractivity contribution is -0.114. The molecule has 1 amide bonds. The molecular weight excluding hydrogens is 330 g/mol. The van der Waals surface area contributed by atoms with E-state index in [1.54, 1.807) is 0 Å². The summed E-state index contributed by atoms with van der Waals surface area (Å²) in [6.07, 6.45) is 0.393. The number of carbonyl (C=O) groups excluding carboxylic acids is 1. The number of nitriles is 1. The lowest BCUT2D eigenvalue weighted by Gasteiger charge is -2.08. The van der Waals surface area contributed by atoms with Gasteiger partial charge in [-0.25, -0.2) is 0 Å². The van der Waals surface area contributed by atoms with Crippen molar-refractivity contribution in [1.82, 2.24) is 0 Å². The molecule has 2 N–H and O–H groups in total. The Hall–Kier alpha value is -2.32. The molecule has 0 aliphatic carbocycles. The van der Waals surface area contributed by atoms with Crippen molar-refractivity contribution in [2.75, 3.05) is 17.2 Å². The Morgan fingerprint density at radius 1 is 1.14 bits per heavy atom. The highest BCUT2D eigenvalue weighted by Crippen LogP contribution is 2.15. The van der Waals surface area contributed by atoms with Crippen LogP contribution in [0.3, 0.4) is 0 Å². The standard InChI is InChI=1S/C16H14BrN3O/c17-13-2-1-3-15(10-13)20-16(21)11-19-14-6-4-12(5-7-14)8-9-18/h1-7,10,19H,8,11H2,(H,20,21). The van der Waals surface area contributed by atoms with Crippen LogP contribution < -0.4 is 10.6 Å². The van der Waals surface area contributed by atoms with Crippen LogP contribution in [-0.2, 0) is 11.2 Å². The van der Waals surface area contributed by atoms with Crippen molar-refractivity contribution in [2.45, 2.75) is 6.42 Å². The summed E-state index contributed by atoms with van der Waals surface area (Å²) in [5, 5.41) is 14.5. The molecule has 106 valence electrons. The van der Waals surface area contributed by atoms with Crippen LogP contribution >= 0.6 is 15.9 Å². The molecule has 21 heavy (non-hydrogen) atoms. The smallest absolute Gasteiger partial charge is 0.243 e. The Bertz CT molecular complexity index is 662. The maximum Gasteiger partial charge on any atom is 0.243 e. The minimum atomic E-state index is -0.116. The third kappa shape index (κ3) is 4.93. The van der Waals surface area contributed by atoms with Gasteiger partial charge in [-0.2, -0.15) is 5.26 Å². The minimum Gasteiger partial charge on any atom is -0.376 e. The van der Waals surface area contributed by atoms with E-state index in [0.717, 1.165) is 21.4 Å². The van der Waals surface area contributed by atoms with Crippen molar-refractivity contribution in [3.8, 4) is 6.07 Å². The Labute approximate surface area is 131 Å². The zero-order valence-corrected chi connectivity index (χ0v) is 12.9. The van der Waals surface area contributed by atoms with Gasteiger partial charge in [0, 0.05) is 15.8 Å². The molecule has 2 rings (SSSR count). The van der Waals surface area contributed by atoms with Crippen LogP contribution in [0.15, 0.2) is 53.0 Å². The van der Waals surface area contributed by atoms with Crippen molar-refractivity contribution in [2.24, 2.45) is 0 Å². The molecular formula is C16H14BrN3O. The highest BCUT2D eigenvalue weighted by Gasteiger charge is 2.02. The van der Waals surface area contributed by atoms with E-state index in [2.05, 4.69) is 32.6 Å². The summed E-state index contributed by atoms with van der Waals surface area (Å²) in [4.78, 5) is 11.8. The molecule has 0 aromatic heterocycles. The van der Waals surface area contributed by atoms with Crippen LogP contribution in [-0.4, -0.2) is 12.5 Å². The van der Waals surface area contributed by atoms with Crippen LogP contribution in [0, 0.1) is 11.3 Å². The molecule has 5 heteroatoms. The summed E-state index contributed by atoms with van der Waals surface area (Å²) < 4.78 is 0.918. The topological polar surface area (TPSA) is 64.9 Å². The van der Waals surface area contributed by atoms with E-state index in [9.17, 15) is 4.79 Å². The van der Waals surface area contributed by atoms with Gasteiger partial charge in [0.1, 0.15) is 0 Å². The molecule has 4 nitrogen and oxygen atoms in total. The molecule has 0 bridgehead atoms. The Kier molecular flexibility index (Phi) is 5.35. The van der Waals surface area contributed by atoms with E-state index >= 15 is 0 Å². The molecule has 0 unspecified atom stereocenters. The first-order valence-corrected chi connectivity index (χ1v) is 7.22. The van der Waals surface area contributed by atoms with Gasteiger partial charge in [0.25, 0.3) is 0 Å². The third-order valence-electron chi connectivity index (χ3n) is 2.80. The summed E-state index contributed by atoms with van der Waals surface area (Å²) in [5.41, 5.74) is 2.56. The van der Waals surface area contributed by atoms with Crippen molar-refractivity contribution in [1.29, 1.82) is 5.26 Å². The third-order valence-corrected chi connectivity index (χ3v) is 3.29. The fraction of sp³-hybridized carbons (Fsp3) is 0.125. The number of amides is 1. The first kappa shape index (κ1) is 15.1. The van der Waals surface area contributed by atoms with Crippen molar-refractivity contribution in [3.05, 3.63) is 58.6 Å². The SMILES string of the molecule is N#CCc1ccc(NCC(=O)Nc2cccc(Br)c2)cc1. The molecule has 2 aromatic rings. The first-order chi connectivity index (χ1) is 10.2.